The van der Waals surface area contributed by atoms with Gasteiger partial charge in [0, 0.05) is 24.7 Å². The minimum absolute atomic E-state index is 0.0125. The third kappa shape index (κ3) is 11.1. The highest BCUT2D eigenvalue weighted by Crippen LogP contribution is 2.30. The molecule has 228 valence electrons. The highest BCUT2D eigenvalue weighted by Gasteiger charge is 2.38. The monoisotopic (exact) mass is 571 g/mol. The van der Waals surface area contributed by atoms with Crippen LogP contribution in [0.25, 0.3) is 0 Å². The maximum absolute atomic E-state index is 13.8. The number of rotatable bonds is 13. The van der Waals surface area contributed by atoms with Crippen LogP contribution in [0.5, 0.6) is 0 Å². The van der Waals surface area contributed by atoms with Crippen LogP contribution in [0.3, 0.4) is 0 Å². The molecule has 0 aliphatic carbocycles. The molecule has 0 saturated carbocycles. The lowest BCUT2D eigenvalue weighted by Gasteiger charge is -2.38. The lowest BCUT2D eigenvalue weighted by atomic mass is 9.80. The Labute approximate surface area is 245 Å². The Hall–Kier alpha value is -3.62. The molecule has 0 radical (unpaired) electrons. The highest BCUT2D eigenvalue weighted by atomic mass is 16.5. The Morgan fingerprint density at radius 3 is 2.24 bits per heavy atom. The average molecular weight is 572 g/mol. The van der Waals surface area contributed by atoms with Gasteiger partial charge in [-0.2, -0.15) is 0 Å². The number of nitrogens with one attached hydrogen (secondary N) is 2. The molecular formula is C32H49N3O6. The Kier molecular flexibility index (Phi) is 13.3. The van der Waals surface area contributed by atoms with Gasteiger partial charge in [-0.1, -0.05) is 79.3 Å². The van der Waals surface area contributed by atoms with Crippen molar-refractivity contribution in [2.24, 2.45) is 11.3 Å². The molecule has 2 atom stereocenters. The van der Waals surface area contributed by atoms with Crippen molar-refractivity contribution >= 4 is 29.6 Å². The highest BCUT2D eigenvalue weighted by molar-refractivity contribution is 5.90. The molecule has 0 bridgehead atoms. The quantitative estimate of drug-likeness (QED) is 0.181. The van der Waals surface area contributed by atoms with Crippen LogP contribution in [-0.2, 0) is 29.3 Å². The van der Waals surface area contributed by atoms with E-state index in [2.05, 4.69) is 17.2 Å². The maximum Gasteiger partial charge on any atom is 0.411 e. The molecule has 0 aromatic heterocycles. The van der Waals surface area contributed by atoms with Gasteiger partial charge >= 0.3 is 12.1 Å². The molecule has 1 rings (SSSR count). The third-order valence-corrected chi connectivity index (χ3v) is 6.74. The average Bonchev–Trinajstić information content (AvgIpc) is 2.87. The van der Waals surface area contributed by atoms with E-state index in [1.165, 1.54) is 6.08 Å². The first-order valence-electron chi connectivity index (χ1n) is 14.0. The Bertz CT molecular complexity index is 1120. The minimum atomic E-state index is -0.805. The smallest absolute Gasteiger partial charge is 0.411 e. The number of esters is 1. The molecule has 0 saturated heterocycles. The summed E-state index contributed by atoms with van der Waals surface area (Å²) in [5.74, 6) is -0.937. The van der Waals surface area contributed by atoms with Crippen molar-refractivity contribution < 1.29 is 28.7 Å². The molecule has 1 aromatic rings. The summed E-state index contributed by atoms with van der Waals surface area (Å²) in [7, 11) is 1.69. The molecule has 0 unspecified atom stereocenters. The fraction of sp³-hybridized carbons (Fsp3) is 0.562. The van der Waals surface area contributed by atoms with Gasteiger partial charge in [-0.15, -0.1) is 0 Å². The van der Waals surface area contributed by atoms with Crippen molar-refractivity contribution in [3.05, 3.63) is 54.1 Å². The number of carbonyl (C=O) groups excluding carboxylic acids is 4. The van der Waals surface area contributed by atoms with E-state index in [9.17, 15) is 19.2 Å². The Morgan fingerprint density at radius 2 is 1.71 bits per heavy atom. The first-order chi connectivity index (χ1) is 18.9. The van der Waals surface area contributed by atoms with Crippen LogP contribution in [-0.4, -0.2) is 61.1 Å². The maximum atomic E-state index is 13.8. The van der Waals surface area contributed by atoms with Gasteiger partial charge in [-0.05, 0) is 48.3 Å². The van der Waals surface area contributed by atoms with E-state index in [1.54, 1.807) is 50.1 Å². The van der Waals surface area contributed by atoms with Gasteiger partial charge in [0.15, 0.2) is 0 Å². The second kappa shape index (κ2) is 15.4. The van der Waals surface area contributed by atoms with E-state index < -0.39 is 28.9 Å². The number of hydrogen-bond acceptors (Lipinski definition) is 6. The van der Waals surface area contributed by atoms with E-state index in [4.69, 9.17) is 9.47 Å². The van der Waals surface area contributed by atoms with E-state index in [0.717, 1.165) is 5.56 Å². The number of hydrogen-bond donors (Lipinski definition) is 2. The summed E-state index contributed by atoms with van der Waals surface area (Å²) in [5, 5.41) is 5.66. The number of ether oxygens (including phenoxy) is 2. The summed E-state index contributed by atoms with van der Waals surface area (Å²) >= 11 is 0. The first-order valence-corrected chi connectivity index (χ1v) is 14.0. The Balaban J connectivity index is 3.14. The zero-order chi connectivity index (χ0) is 31.5. The van der Waals surface area contributed by atoms with Crippen LogP contribution in [0.15, 0.2) is 48.6 Å². The predicted molar refractivity (Wildman–Crippen MR) is 162 cm³/mol. The summed E-state index contributed by atoms with van der Waals surface area (Å²) in [6.45, 7) is 20.8. The van der Waals surface area contributed by atoms with Crippen molar-refractivity contribution in [2.75, 3.05) is 25.6 Å². The van der Waals surface area contributed by atoms with Crippen LogP contribution in [0.1, 0.15) is 74.3 Å². The standard InChI is InChI=1S/C32H49N3O6/c1-12-17-41-30(39)33-24-16-14-15-23(19-24)32(9,10)20-26(36)34-27(31(6,7)8)28(37)35(11)25(21(3)4)18-22(5)29(38)40-13-2/h12,14-16,18-19,21,25,27H,1,13,17,20H2,2-11H3,(H,33,39)(H,34,36)/b22-18+/t25-,27-/m1/s1. The molecule has 2 N–H and O–H groups in total. The molecule has 0 aliphatic heterocycles. The summed E-state index contributed by atoms with van der Waals surface area (Å²) in [5.41, 5.74) is 0.616. The molecule has 41 heavy (non-hydrogen) atoms. The van der Waals surface area contributed by atoms with Gasteiger partial charge < -0.3 is 19.7 Å². The molecule has 9 nitrogen and oxygen atoms in total. The molecule has 0 spiro atoms. The van der Waals surface area contributed by atoms with Gasteiger partial charge in [-0.25, -0.2) is 9.59 Å². The van der Waals surface area contributed by atoms with E-state index in [-0.39, 0.29) is 43.4 Å². The first kappa shape index (κ1) is 35.4. The largest absolute Gasteiger partial charge is 0.463 e. The topological polar surface area (TPSA) is 114 Å². The van der Waals surface area contributed by atoms with Crippen LogP contribution < -0.4 is 10.6 Å². The number of anilines is 1. The summed E-state index contributed by atoms with van der Waals surface area (Å²) in [6, 6.07) is 6.04. The fourth-order valence-corrected chi connectivity index (χ4v) is 4.34. The summed E-state index contributed by atoms with van der Waals surface area (Å²) < 4.78 is 10.1. The van der Waals surface area contributed by atoms with Gasteiger partial charge in [0.25, 0.3) is 0 Å². The summed E-state index contributed by atoms with van der Waals surface area (Å²) in [4.78, 5) is 53.0. The van der Waals surface area contributed by atoms with Gasteiger partial charge in [0.1, 0.15) is 12.6 Å². The number of likely N-dealkylation sites (N-methyl/N-ethyl adjacent to an activating group) is 1. The predicted octanol–water partition coefficient (Wildman–Crippen LogP) is 5.61. The second-order valence-electron chi connectivity index (χ2n) is 12.3. The van der Waals surface area contributed by atoms with Gasteiger partial charge in [0.05, 0.1) is 12.6 Å². The minimum Gasteiger partial charge on any atom is -0.463 e. The molecule has 1 aromatic carbocycles. The zero-order valence-corrected chi connectivity index (χ0v) is 26.4. The number of nitrogens with zero attached hydrogens (tertiary/aromatic N) is 1. The normalized spacial score (nSPS) is 13.6. The van der Waals surface area contributed by atoms with Crippen LogP contribution in [0.2, 0.25) is 0 Å². The van der Waals surface area contributed by atoms with Gasteiger partial charge in [-0.3, -0.25) is 14.9 Å². The number of amides is 3. The zero-order valence-electron chi connectivity index (χ0n) is 26.4. The molecule has 0 aliphatic rings. The van der Waals surface area contributed by atoms with Crippen LogP contribution in [0, 0.1) is 11.3 Å². The Morgan fingerprint density at radius 1 is 1.07 bits per heavy atom. The van der Waals surface area contributed by atoms with Crippen molar-refractivity contribution in [1.82, 2.24) is 10.2 Å². The lowest BCUT2D eigenvalue weighted by molar-refractivity contribution is -0.140. The second-order valence-corrected chi connectivity index (χ2v) is 12.3. The van der Waals surface area contributed by atoms with E-state index >= 15 is 0 Å². The SMILES string of the molecule is C=CCOC(=O)Nc1cccc(C(C)(C)CC(=O)N[C@H](C(=O)N(C)[C@H](/C=C(\C)C(=O)OCC)C(C)C)C(C)(C)C)c1. The summed E-state index contributed by atoms with van der Waals surface area (Å²) in [6.07, 6.45) is 2.74. The fourth-order valence-electron chi connectivity index (χ4n) is 4.34. The van der Waals surface area contributed by atoms with E-state index in [1.807, 2.05) is 54.5 Å². The third-order valence-electron chi connectivity index (χ3n) is 6.74. The molecule has 9 heteroatoms. The number of carbonyl (C=O) groups is 4. The molecule has 0 fully saturated rings. The lowest BCUT2D eigenvalue weighted by Crippen LogP contribution is -2.56. The molecular weight excluding hydrogens is 522 g/mol. The van der Waals surface area contributed by atoms with E-state index in [0.29, 0.717) is 11.3 Å². The van der Waals surface area contributed by atoms with Crippen molar-refractivity contribution in [3.63, 3.8) is 0 Å². The van der Waals surface area contributed by atoms with Crippen molar-refractivity contribution in [3.8, 4) is 0 Å². The van der Waals surface area contributed by atoms with Crippen molar-refractivity contribution in [1.29, 1.82) is 0 Å². The molecule has 0 heterocycles. The number of benzene rings is 1. The molecule has 3 amide bonds. The van der Waals surface area contributed by atoms with Gasteiger partial charge in [0.2, 0.25) is 11.8 Å². The van der Waals surface area contributed by atoms with Crippen LogP contribution in [0.4, 0.5) is 10.5 Å². The van der Waals surface area contributed by atoms with Crippen LogP contribution >= 0.6 is 0 Å². The van der Waals surface area contributed by atoms with Crippen molar-refractivity contribution in [2.45, 2.75) is 86.2 Å².